The maximum atomic E-state index is 10.4. The third-order valence-corrected chi connectivity index (χ3v) is 2.35. The Morgan fingerprint density at radius 2 is 1.88 bits per heavy atom. The van der Waals surface area contributed by atoms with Crippen LogP contribution in [0, 0.1) is 0 Å². The minimum absolute atomic E-state index is 0. The quantitative estimate of drug-likeness (QED) is 0.479. The first-order valence-electron chi connectivity index (χ1n) is 5.38. The molecule has 0 saturated heterocycles. The third-order valence-electron chi connectivity index (χ3n) is 2.35. The summed E-state index contributed by atoms with van der Waals surface area (Å²) in [6, 6.07) is 0.787. The average Bonchev–Trinajstić information content (AvgIpc) is 2.15. The van der Waals surface area contributed by atoms with E-state index in [0.717, 1.165) is 12.8 Å². The smallest absolute Gasteiger partial charge is 0.303 e. The molecule has 3 nitrogen and oxygen atoms in total. The predicted molar refractivity (Wildman–Crippen MR) is 61.7 cm³/mol. The van der Waals surface area contributed by atoms with Crippen molar-refractivity contribution in [2.45, 2.75) is 44.7 Å². The lowest BCUT2D eigenvalue weighted by Gasteiger charge is -2.17. The second-order valence-electron chi connectivity index (χ2n) is 3.91. The van der Waals surface area contributed by atoms with Gasteiger partial charge < -0.3 is 22.8 Å². The van der Waals surface area contributed by atoms with Crippen molar-refractivity contribution in [3.05, 3.63) is 25.3 Å². The van der Waals surface area contributed by atoms with Gasteiger partial charge >= 0.3 is 5.97 Å². The molecular formula is C12H22ClNO2. The molecule has 0 aliphatic carbocycles. The highest BCUT2D eigenvalue weighted by Gasteiger charge is 2.14. The Morgan fingerprint density at radius 3 is 2.25 bits per heavy atom. The highest BCUT2D eigenvalue weighted by molar-refractivity contribution is 5.66. The molecule has 0 fully saturated rings. The molecule has 0 aliphatic rings. The highest BCUT2D eigenvalue weighted by atomic mass is 35.5. The van der Waals surface area contributed by atoms with Gasteiger partial charge in [-0.25, -0.2) is 0 Å². The minimum Gasteiger partial charge on any atom is -1.00 e. The molecule has 0 heterocycles. The molecule has 0 aliphatic heterocycles. The first-order chi connectivity index (χ1) is 7.10. The lowest BCUT2D eigenvalue weighted by molar-refractivity contribution is -0.717. The lowest BCUT2D eigenvalue weighted by Crippen LogP contribution is -3.00. The van der Waals surface area contributed by atoms with Crippen LogP contribution in [0.15, 0.2) is 25.3 Å². The van der Waals surface area contributed by atoms with Crippen LogP contribution in [0.5, 0.6) is 0 Å². The number of aliphatic carboxylic acids is 1. The monoisotopic (exact) mass is 247 g/mol. The molecule has 0 bridgehead atoms. The Kier molecular flexibility index (Phi) is 11.8. The van der Waals surface area contributed by atoms with Crippen molar-refractivity contribution < 1.29 is 27.6 Å². The molecular weight excluding hydrogens is 226 g/mol. The standard InChI is InChI=1S/C12H21NO2.ClH/c1-4-6-11(7-5-2)13-10(3)8-9-12(14)15;/h4-5,10-11,13H,1-2,6-9H2,3H3,(H,14,15);1H. The van der Waals surface area contributed by atoms with E-state index in [4.69, 9.17) is 5.11 Å². The number of carboxylic acids is 1. The Bertz CT molecular complexity index is 209. The number of hydrogen-bond acceptors (Lipinski definition) is 1. The maximum Gasteiger partial charge on any atom is 0.303 e. The van der Waals surface area contributed by atoms with E-state index in [9.17, 15) is 4.79 Å². The summed E-state index contributed by atoms with van der Waals surface area (Å²) in [7, 11) is 0. The minimum atomic E-state index is -0.723. The third kappa shape index (κ3) is 9.74. The molecule has 0 spiro atoms. The molecule has 0 aromatic rings. The molecule has 0 radical (unpaired) electrons. The van der Waals surface area contributed by atoms with Crippen molar-refractivity contribution in [2.75, 3.05) is 0 Å². The van der Waals surface area contributed by atoms with Gasteiger partial charge in [-0.1, -0.05) is 12.2 Å². The van der Waals surface area contributed by atoms with E-state index in [1.807, 2.05) is 12.2 Å². The maximum absolute atomic E-state index is 10.4. The van der Waals surface area contributed by atoms with Crippen molar-refractivity contribution in [2.24, 2.45) is 0 Å². The summed E-state index contributed by atoms with van der Waals surface area (Å²) in [5.74, 6) is -0.723. The molecule has 1 unspecified atom stereocenters. The van der Waals surface area contributed by atoms with Gasteiger partial charge in [0.2, 0.25) is 0 Å². The first kappa shape index (κ1) is 17.6. The van der Waals surface area contributed by atoms with Gasteiger partial charge in [0.05, 0.1) is 18.5 Å². The topological polar surface area (TPSA) is 53.9 Å². The van der Waals surface area contributed by atoms with Gasteiger partial charge in [0, 0.05) is 19.3 Å². The van der Waals surface area contributed by atoms with Crippen molar-refractivity contribution in [1.82, 2.24) is 0 Å². The zero-order chi connectivity index (χ0) is 11.7. The largest absolute Gasteiger partial charge is 1.00 e. The van der Waals surface area contributed by atoms with Crippen LogP contribution in [0.2, 0.25) is 0 Å². The number of hydrogen-bond donors (Lipinski definition) is 2. The van der Waals surface area contributed by atoms with Crippen molar-refractivity contribution in [3.8, 4) is 0 Å². The van der Waals surface area contributed by atoms with E-state index in [1.54, 1.807) is 0 Å². The summed E-state index contributed by atoms with van der Waals surface area (Å²) in [4.78, 5) is 10.4. The predicted octanol–water partition coefficient (Wildman–Crippen LogP) is -1.67. The summed E-state index contributed by atoms with van der Waals surface area (Å²) in [5.41, 5.74) is 0. The second-order valence-corrected chi connectivity index (χ2v) is 3.91. The number of halogens is 1. The van der Waals surface area contributed by atoms with Crippen molar-refractivity contribution in [3.63, 3.8) is 0 Å². The summed E-state index contributed by atoms with van der Waals surface area (Å²) < 4.78 is 0. The van der Waals surface area contributed by atoms with Crippen LogP contribution in [-0.4, -0.2) is 23.2 Å². The zero-order valence-electron chi connectivity index (χ0n) is 9.86. The van der Waals surface area contributed by atoms with E-state index in [0.29, 0.717) is 18.5 Å². The average molecular weight is 248 g/mol. The fraction of sp³-hybridized carbons (Fsp3) is 0.583. The van der Waals surface area contributed by atoms with Gasteiger partial charge in [-0.3, -0.25) is 4.79 Å². The van der Waals surface area contributed by atoms with Crippen LogP contribution >= 0.6 is 0 Å². The molecule has 94 valence electrons. The molecule has 0 saturated carbocycles. The second kappa shape index (κ2) is 10.7. The summed E-state index contributed by atoms with van der Waals surface area (Å²) >= 11 is 0. The summed E-state index contributed by atoms with van der Waals surface area (Å²) in [6.45, 7) is 9.49. The fourth-order valence-corrected chi connectivity index (χ4v) is 1.59. The lowest BCUT2D eigenvalue weighted by atomic mass is 10.1. The molecule has 0 aromatic heterocycles. The zero-order valence-corrected chi connectivity index (χ0v) is 10.6. The van der Waals surface area contributed by atoms with Crippen LogP contribution in [0.3, 0.4) is 0 Å². The van der Waals surface area contributed by atoms with Crippen LogP contribution < -0.4 is 17.7 Å². The highest BCUT2D eigenvalue weighted by Crippen LogP contribution is 1.97. The van der Waals surface area contributed by atoms with Gasteiger partial charge in [-0.15, -0.1) is 13.2 Å². The molecule has 16 heavy (non-hydrogen) atoms. The van der Waals surface area contributed by atoms with Gasteiger partial charge in [0.25, 0.3) is 0 Å². The number of carboxylic acid groups (broad SMARTS) is 1. The van der Waals surface area contributed by atoms with E-state index in [-0.39, 0.29) is 18.8 Å². The van der Waals surface area contributed by atoms with Crippen LogP contribution in [0.25, 0.3) is 0 Å². The van der Waals surface area contributed by atoms with Gasteiger partial charge in [-0.2, -0.15) is 0 Å². The van der Waals surface area contributed by atoms with Crippen LogP contribution in [0.4, 0.5) is 0 Å². The van der Waals surface area contributed by atoms with E-state index in [1.165, 1.54) is 0 Å². The molecule has 0 rings (SSSR count). The van der Waals surface area contributed by atoms with E-state index < -0.39 is 5.97 Å². The van der Waals surface area contributed by atoms with E-state index >= 15 is 0 Å². The van der Waals surface area contributed by atoms with Gasteiger partial charge in [-0.05, 0) is 6.92 Å². The normalized spacial score (nSPS) is 11.6. The Labute approximate surface area is 104 Å². The number of rotatable bonds is 9. The van der Waals surface area contributed by atoms with Crippen LogP contribution in [0.1, 0.15) is 32.6 Å². The van der Waals surface area contributed by atoms with Crippen LogP contribution in [-0.2, 0) is 4.79 Å². The number of quaternary nitrogens is 1. The Morgan fingerprint density at radius 1 is 1.38 bits per heavy atom. The SMILES string of the molecule is C=CCC(CC=C)[NH2+]C(C)CCC(=O)O.[Cl-]. The van der Waals surface area contributed by atoms with Crippen molar-refractivity contribution >= 4 is 5.97 Å². The molecule has 0 aromatic carbocycles. The molecule has 0 amide bonds. The Balaban J connectivity index is 0. The summed E-state index contributed by atoms with van der Waals surface area (Å²) in [6.07, 6.45) is 6.61. The van der Waals surface area contributed by atoms with Crippen molar-refractivity contribution in [1.29, 1.82) is 0 Å². The van der Waals surface area contributed by atoms with Gasteiger partial charge in [0.15, 0.2) is 0 Å². The van der Waals surface area contributed by atoms with E-state index in [2.05, 4.69) is 25.4 Å². The fourth-order valence-electron chi connectivity index (χ4n) is 1.59. The number of nitrogens with two attached hydrogens (primary N) is 1. The van der Waals surface area contributed by atoms with Gasteiger partial charge in [0.1, 0.15) is 0 Å². The summed E-state index contributed by atoms with van der Waals surface area (Å²) in [5, 5.41) is 10.8. The Hall–Kier alpha value is -0.800. The first-order valence-corrected chi connectivity index (χ1v) is 5.38. The molecule has 4 heteroatoms. The molecule has 1 atom stereocenters. The molecule has 3 N–H and O–H groups in total. The number of carbonyl (C=O) groups is 1.